The van der Waals surface area contributed by atoms with Gasteiger partial charge in [0, 0.05) is 11.3 Å². The van der Waals surface area contributed by atoms with E-state index in [9.17, 15) is 0 Å². The van der Waals surface area contributed by atoms with Crippen LogP contribution in [-0.2, 0) is 15.7 Å². The van der Waals surface area contributed by atoms with Gasteiger partial charge in [-0.25, -0.2) is 0 Å². The monoisotopic (exact) mass is 483 g/mol. The predicted octanol–water partition coefficient (Wildman–Crippen LogP) is 6.58. The topological polar surface area (TPSA) is 34.8 Å². The Balaban J connectivity index is 1.53. The molecule has 1 unspecified atom stereocenters. The second-order valence-corrected chi connectivity index (χ2v) is 23.7. The number of furan rings is 1. The van der Waals surface area contributed by atoms with Crippen molar-refractivity contribution in [1.82, 2.24) is 4.23 Å². The minimum atomic E-state index is -1.66. The molecule has 4 aliphatic rings. The van der Waals surface area contributed by atoms with Gasteiger partial charge in [0.15, 0.2) is 0 Å². The summed E-state index contributed by atoms with van der Waals surface area (Å²) in [5, 5.41) is 1.22. The van der Waals surface area contributed by atoms with Crippen molar-refractivity contribution in [3.63, 3.8) is 0 Å². The van der Waals surface area contributed by atoms with Crippen molar-refractivity contribution in [2.75, 3.05) is 0 Å². The van der Waals surface area contributed by atoms with E-state index in [2.05, 4.69) is 82.5 Å². The maximum atomic E-state index is 7.08. The largest absolute Gasteiger partial charge is 0.475 e. The molecule has 1 aliphatic heterocycles. The summed E-state index contributed by atoms with van der Waals surface area (Å²) in [6, 6.07) is 8.41. The van der Waals surface area contributed by atoms with Crippen LogP contribution in [0.2, 0.25) is 39.3 Å². The lowest BCUT2D eigenvalue weighted by molar-refractivity contribution is -0.199. The molecule has 0 radical (unpaired) electrons. The first-order valence-corrected chi connectivity index (χ1v) is 19.7. The molecule has 5 atom stereocenters. The van der Waals surface area contributed by atoms with Gasteiger partial charge < -0.3 is 18.0 Å². The van der Waals surface area contributed by atoms with Crippen molar-refractivity contribution in [3.05, 3.63) is 36.1 Å². The summed E-state index contributed by atoms with van der Waals surface area (Å²) in [6.07, 6.45) is 5.51. The van der Waals surface area contributed by atoms with Crippen LogP contribution >= 0.6 is 0 Å². The van der Waals surface area contributed by atoms with E-state index in [1.165, 1.54) is 17.4 Å². The highest BCUT2D eigenvalue weighted by Crippen LogP contribution is 2.66. The Hall–Kier alpha value is -0.861. The quantitative estimate of drug-likeness (QED) is 0.435. The molecule has 2 aromatic rings. The van der Waals surface area contributed by atoms with Gasteiger partial charge in [0.25, 0.3) is 0 Å². The third-order valence-electron chi connectivity index (χ3n) is 9.05. The first kappa shape index (κ1) is 23.9. The van der Waals surface area contributed by atoms with E-state index in [4.69, 9.17) is 13.7 Å². The van der Waals surface area contributed by atoms with Crippen molar-refractivity contribution >= 4 is 34.6 Å². The molecule has 180 valence electrons. The molecule has 2 bridgehead atoms. The standard InChI is InChI=1S/C26H42BNO3Si2/c1-25(2)19-15-22(25)26(3)23(16-19)30-27(31-26)24(28(32(4,5)6)33(7,8)9)14-18-17-29-21-13-11-10-12-20(18)21/h10-13,17,19,22-24H,14-16H2,1-9H3/t19?,22-,23+,24-,26-/m0/s1. The molecule has 1 aromatic carbocycles. The van der Waals surface area contributed by atoms with Gasteiger partial charge in [-0.1, -0.05) is 71.3 Å². The molecule has 3 saturated carbocycles. The lowest BCUT2D eigenvalue weighted by Crippen LogP contribution is -2.68. The van der Waals surface area contributed by atoms with Crippen molar-refractivity contribution in [3.8, 4) is 0 Å². The molecule has 33 heavy (non-hydrogen) atoms. The highest BCUT2D eigenvalue weighted by molar-refractivity contribution is 6.90. The number of benzene rings is 1. The highest BCUT2D eigenvalue weighted by Gasteiger charge is 2.69. The van der Waals surface area contributed by atoms with Crippen molar-refractivity contribution < 1.29 is 13.7 Å². The fourth-order valence-electron chi connectivity index (χ4n) is 7.79. The zero-order valence-electron chi connectivity index (χ0n) is 22.1. The van der Waals surface area contributed by atoms with E-state index in [1.807, 2.05) is 12.3 Å². The van der Waals surface area contributed by atoms with Gasteiger partial charge in [-0.2, -0.15) is 0 Å². The van der Waals surface area contributed by atoms with Crippen molar-refractivity contribution in [1.29, 1.82) is 0 Å². The fourth-order valence-corrected chi connectivity index (χ4v) is 18.3. The normalized spacial score (nSPS) is 32.2. The Bertz CT molecular complexity index is 1030. The number of rotatable bonds is 6. The van der Waals surface area contributed by atoms with E-state index in [0.29, 0.717) is 11.3 Å². The van der Waals surface area contributed by atoms with E-state index >= 15 is 0 Å². The zero-order chi connectivity index (χ0) is 24.0. The highest BCUT2D eigenvalue weighted by atomic mass is 28.4. The van der Waals surface area contributed by atoms with Crippen LogP contribution in [0.25, 0.3) is 11.0 Å². The molecule has 3 aliphatic carbocycles. The Morgan fingerprint density at radius 3 is 2.33 bits per heavy atom. The maximum Gasteiger partial charge on any atom is 0.475 e. The van der Waals surface area contributed by atoms with Crippen LogP contribution in [0.3, 0.4) is 0 Å². The van der Waals surface area contributed by atoms with Gasteiger partial charge in [0.05, 0.1) is 18.0 Å². The summed E-state index contributed by atoms with van der Waals surface area (Å²) in [5.74, 6) is 1.55. The minimum absolute atomic E-state index is 0.176. The maximum absolute atomic E-state index is 7.08. The molecule has 1 saturated heterocycles. The van der Waals surface area contributed by atoms with Gasteiger partial charge in [-0.3, -0.25) is 0 Å². The number of fused-ring (bicyclic) bond motifs is 1. The summed E-state index contributed by atoms with van der Waals surface area (Å²) < 4.78 is 22.8. The molecule has 4 fully saturated rings. The Morgan fingerprint density at radius 1 is 1.03 bits per heavy atom. The number of hydrogen-bond acceptors (Lipinski definition) is 4. The molecule has 0 spiro atoms. The van der Waals surface area contributed by atoms with Gasteiger partial charge in [-0.15, -0.1) is 0 Å². The summed E-state index contributed by atoms with van der Waals surface area (Å²) in [6.45, 7) is 22.1. The van der Waals surface area contributed by atoms with E-state index in [0.717, 1.165) is 24.3 Å². The lowest BCUT2D eigenvalue weighted by Gasteiger charge is -2.64. The van der Waals surface area contributed by atoms with Crippen LogP contribution < -0.4 is 0 Å². The second-order valence-electron chi connectivity index (χ2n) is 13.6. The van der Waals surface area contributed by atoms with Gasteiger partial charge in [0.2, 0.25) is 0 Å². The predicted molar refractivity (Wildman–Crippen MR) is 142 cm³/mol. The lowest BCUT2D eigenvalue weighted by atomic mass is 9.43. The first-order chi connectivity index (χ1) is 15.2. The molecule has 6 rings (SSSR count). The second kappa shape index (κ2) is 7.57. The Labute approximate surface area is 202 Å². The fraction of sp³-hybridized carbons (Fsp3) is 0.692. The van der Waals surface area contributed by atoms with E-state index in [-0.39, 0.29) is 24.8 Å². The first-order valence-electron chi connectivity index (χ1n) is 12.8. The summed E-state index contributed by atoms with van der Waals surface area (Å²) in [7, 11) is -3.51. The van der Waals surface area contributed by atoms with Crippen LogP contribution in [0.4, 0.5) is 0 Å². The number of hydrogen-bond donors (Lipinski definition) is 0. The average molecular weight is 484 g/mol. The van der Waals surface area contributed by atoms with Crippen LogP contribution in [0, 0.1) is 17.3 Å². The minimum Gasteiger partial charge on any atom is -0.464 e. The van der Waals surface area contributed by atoms with E-state index in [1.54, 1.807) is 0 Å². The molecule has 0 amide bonds. The molecule has 7 heteroatoms. The van der Waals surface area contributed by atoms with Gasteiger partial charge >= 0.3 is 7.12 Å². The smallest absolute Gasteiger partial charge is 0.464 e. The number of para-hydroxylation sites is 1. The number of nitrogens with zero attached hydrogens (tertiary/aromatic N) is 1. The average Bonchev–Trinajstić information content (AvgIpc) is 3.25. The summed E-state index contributed by atoms with van der Waals surface area (Å²) in [4.78, 5) is 0. The van der Waals surface area contributed by atoms with Crippen molar-refractivity contribution in [2.45, 2.75) is 97.0 Å². The molecular formula is C26H42BNO3Si2. The summed E-state index contributed by atoms with van der Waals surface area (Å²) in [5.41, 5.74) is 2.42. The van der Waals surface area contributed by atoms with Crippen LogP contribution in [-0.4, -0.2) is 45.5 Å². The molecule has 2 heterocycles. The van der Waals surface area contributed by atoms with Gasteiger partial charge in [-0.05, 0) is 55.1 Å². The third-order valence-corrected chi connectivity index (χ3v) is 16.6. The SMILES string of the molecule is CC1(C)C2C[C@H]3OB([C@H](Cc4coc5ccccc45)N([Si](C)(C)C)[Si](C)(C)C)O[C@@]3(C)[C@H]1C2. The van der Waals surface area contributed by atoms with Crippen molar-refractivity contribution in [2.24, 2.45) is 17.3 Å². The zero-order valence-corrected chi connectivity index (χ0v) is 24.1. The Morgan fingerprint density at radius 2 is 1.70 bits per heavy atom. The molecule has 0 N–H and O–H groups in total. The molecular weight excluding hydrogens is 441 g/mol. The van der Waals surface area contributed by atoms with Crippen LogP contribution in [0.15, 0.2) is 34.9 Å². The van der Waals surface area contributed by atoms with Crippen LogP contribution in [0.1, 0.15) is 39.2 Å². The molecule has 4 nitrogen and oxygen atoms in total. The van der Waals surface area contributed by atoms with Crippen LogP contribution in [0.5, 0.6) is 0 Å². The molecule has 1 aromatic heterocycles. The third kappa shape index (κ3) is 3.73. The summed E-state index contributed by atoms with van der Waals surface area (Å²) >= 11 is 0. The Kier molecular flexibility index (Phi) is 5.47. The van der Waals surface area contributed by atoms with E-state index < -0.39 is 16.5 Å². The van der Waals surface area contributed by atoms with Gasteiger partial charge in [0.1, 0.15) is 22.1 Å².